The van der Waals surface area contributed by atoms with Crippen molar-refractivity contribution in [1.82, 2.24) is 10.2 Å². The Labute approximate surface area is 87.6 Å². The van der Waals surface area contributed by atoms with Crippen LogP contribution in [-0.4, -0.2) is 34.5 Å². The zero-order valence-corrected chi connectivity index (χ0v) is 8.91. The molecule has 0 aromatic carbocycles. The van der Waals surface area contributed by atoms with Crippen LogP contribution in [-0.2, 0) is 0 Å². The summed E-state index contributed by atoms with van der Waals surface area (Å²) < 4.78 is 0. The van der Waals surface area contributed by atoms with E-state index >= 15 is 0 Å². The molecule has 2 heterocycles. The Bertz CT molecular complexity index is 265. The van der Waals surface area contributed by atoms with E-state index in [0.29, 0.717) is 12.6 Å². The number of hydrogen-bond donors (Lipinski definition) is 1. The van der Waals surface area contributed by atoms with E-state index in [1.807, 2.05) is 0 Å². The van der Waals surface area contributed by atoms with Crippen molar-refractivity contribution >= 4 is 16.5 Å². The first-order valence-corrected chi connectivity index (χ1v) is 5.93. The third-order valence-electron chi connectivity index (χ3n) is 2.67. The molecule has 0 bridgehead atoms. The molecule has 0 amide bonds. The minimum atomic E-state index is 0.292. The molecular formula is C9H15N3OS. The summed E-state index contributed by atoms with van der Waals surface area (Å²) in [6.07, 6.45) is 4.41. The summed E-state index contributed by atoms with van der Waals surface area (Å²) >= 11 is 1.60. The number of aliphatic hydroxyl groups excluding tert-OH is 1. The number of aliphatic hydroxyl groups is 1. The highest BCUT2D eigenvalue weighted by molar-refractivity contribution is 7.13. The third kappa shape index (κ3) is 2.04. The quantitative estimate of drug-likeness (QED) is 0.818. The molecule has 0 spiro atoms. The van der Waals surface area contributed by atoms with Crippen molar-refractivity contribution in [1.29, 1.82) is 0 Å². The van der Waals surface area contributed by atoms with Gasteiger partial charge in [0.2, 0.25) is 5.13 Å². The molecule has 1 saturated heterocycles. The first-order chi connectivity index (χ1) is 6.92. The highest BCUT2D eigenvalue weighted by Gasteiger charge is 2.25. The largest absolute Gasteiger partial charge is 0.396 e. The zero-order chi connectivity index (χ0) is 9.80. The maximum absolute atomic E-state index is 8.80. The van der Waals surface area contributed by atoms with Gasteiger partial charge in [-0.05, 0) is 25.7 Å². The van der Waals surface area contributed by atoms with E-state index in [1.54, 1.807) is 16.8 Å². The molecule has 1 aliphatic heterocycles. The van der Waals surface area contributed by atoms with Crippen molar-refractivity contribution in [3.63, 3.8) is 0 Å². The van der Waals surface area contributed by atoms with Crippen LogP contribution in [0, 0.1) is 0 Å². The van der Waals surface area contributed by atoms with E-state index in [1.165, 1.54) is 12.8 Å². The second-order valence-electron chi connectivity index (χ2n) is 3.58. The Kier molecular flexibility index (Phi) is 3.31. The maximum atomic E-state index is 8.80. The fourth-order valence-electron chi connectivity index (χ4n) is 2.01. The van der Waals surface area contributed by atoms with Gasteiger partial charge in [-0.25, -0.2) is 0 Å². The minimum absolute atomic E-state index is 0.292. The van der Waals surface area contributed by atoms with Gasteiger partial charge in [-0.1, -0.05) is 11.3 Å². The van der Waals surface area contributed by atoms with Gasteiger partial charge in [0.15, 0.2) is 0 Å². The second kappa shape index (κ2) is 4.70. The Morgan fingerprint density at radius 1 is 1.64 bits per heavy atom. The van der Waals surface area contributed by atoms with Gasteiger partial charge in [0, 0.05) is 19.2 Å². The highest BCUT2D eigenvalue weighted by Crippen LogP contribution is 2.28. The van der Waals surface area contributed by atoms with Gasteiger partial charge in [-0.2, -0.15) is 0 Å². The summed E-state index contributed by atoms with van der Waals surface area (Å²) in [5, 5.41) is 17.8. The Morgan fingerprint density at radius 3 is 3.29 bits per heavy atom. The lowest BCUT2D eigenvalue weighted by Gasteiger charge is -2.22. The predicted octanol–water partition coefficient (Wildman–Crippen LogP) is 1.28. The summed E-state index contributed by atoms with van der Waals surface area (Å²) in [6.45, 7) is 1.38. The topological polar surface area (TPSA) is 49.2 Å². The van der Waals surface area contributed by atoms with Crippen LogP contribution in [0.25, 0.3) is 0 Å². The minimum Gasteiger partial charge on any atom is -0.396 e. The Hall–Kier alpha value is -0.680. The third-order valence-corrected chi connectivity index (χ3v) is 3.39. The summed E-state index contributed by atoms with van der Waals surface area (Å²) in [5.74, 6) is 0. The van der Waals surface area contributed by atoms with E-state index < -0.39 is 0 Å². The number of anilines is 1. The molecule has 0 radical (unpaired) electrons. The number of aromatic nitrogens is 2. The first-order valence-electron chi connectivity index (χ1n) is 5.05. The molecule has 1 aliphatic rings. The van der Waals surface area contributed by atoms with E-state index in [9.17, 15) is 0 Å². The molecule has 1 aromatic rings. The van der Waals surface area contributed by atoms with Crippen LogP contribution in [0.5, 0.6) is 0 Å². The van der Waals surface area contributed by atoms with E-state index in [2.05, 4.69) is 15.1 Å². The predicted molar refractivity (Wildman–Crippen MR) is 56.6 cm³/mol. The fourth-order valence-corrected chi connectivity index (χ4v) is 2.67. The molecule has 1 unspecified atom stereocenters. The van der Waals surface area contributed by atoms with Crippen LogP contribution < -0.4 is 4.90 Å². The van der Waals surface area contributed by atoms with Crippen molar-refractivity contribution < 1.29 is 5.11 Å². The smallest absolute Gasteiger partial charge is 0.208 e. The standard InChI is InChI=1S/C9H15N3OS/c13-6-2-4-8-3-1-5-12(8)9-11-10-7-14-9/h7-8,13H,1-6H2. The average molecular weight is 213 g/mol. The molecule has 0 aliphatic carbocycles. The highest BCUT2D eigenvalue weighted by atomic mass is 32.1. The van der Waals surface area contributed by atoms with E-state index in [4.69, 9.17) is 5.11 Å². The lowest BCUT2D eigenvalue weighted by molar-refractivity contribution is 0.279. The number of rotatable bonds is 4. The van der Waals surface area contributed by atoms with Crippen molar-refractivity contribution in [2.24, 2.45) is 0 Å². The first kappa shape index (κ1) is 9.86. The Morgan fingerprint density at radius 2 is 2.57 bits per heavy atom. The van der Waals surface area contributed by atoms with Crippen LogP contribution in [0.1, 0.15) is 25.7 Å². The molecule has 2 rings (SSSR count). The van der Waals surface area contributed by atoms with Crippen molar-refractivity contribution in [3.8, 4) is 0 Å². The molecule has 5 heteroatoms. The average Bonchev–Trinajstić information content (AvgIpc) is 2.84. The van der Waals surface area contributed by atoms with Crippen LogP contribution in [0.15, 0.2) is 5.51 Å². The number of nitrogens with zero attached hydrogens (tertiary/aromatic N) is 3. The van der Waals surface area contributed by atoms with E-state index in [-0.39, 0.29) is 0 Å². The van der Waals surface area contributed by atoms with Gasteiger partial charge in [-0.3, -0.25) is 0 Å². The van der Waals surface area contributed by atoms with Gasteiger partial charge in [0.25, 0.3) is 0 Å². The van der Waals surface area contributed by atoms with Gasteiger partial charge in [0.05, 0.1) is 0 Å². The van der Waals surface area contributed by atoms with Crippen molar-refractivity contribution in [3.05, 3.63) is 5.51 Å². The van der Waals surface area contributed by atoms with Gasteiger partial charge < -0.3 is 10.0 Å². The molecule has 1 aromatic heterocycles. The van der Waals surface area contributed by atoms with Crippen molar-refractivity contribution in [2.75, 3.05) is 18.1 Å². The summed E-state index contributed by atoms with van der Waals surface area (Å²) in [4.78, 5) is 2.33. The molecule has 1 N–H and O–H groups in total. The monoisotopic (exact) mass is 213 g/mol. The van der Waals surface area contributed by atoms with Gasteiger partial charge >= 0.3 is 0 Å². The molecule has 1 fully saturated rings. The lowest BCUT2D eigenvalue weighted by Crippen LogP contribution is -2.29. The second-order valence-corrected chi connectivity index (χ2v) is 4.39. The maximum Gasteiger partial charge on any atom is 0.208 e. The SMILES string of the molecule is OCCCC1CCCN1c1nncs1. The molecule has 78 valence electrons. The van der Waals surface area contributed by atoms with Gasteiger partial charge in [-0.15, -0.1) is 10.2 Å². The van der Waals surface area contributed by atoms with E-state index in [0.717, 1.165) is 24.5 Å². The van der Waals surface area contributed by atoms with Crippen LogP contribution in [0.3, 0.4) is 0 Å². The summed E-state index contributed by atoms with van der Waals surface area (Å²) in [7, 11) is 0. The number of hydrogen-bond acceptors (Lipinski definition) is 5. The lowest BCUT2D eigenvalue weighted by atomic mass is 10.1. The molecule has 0 saturated carbocycles. The zero-order valence-electron chi connectivity index (χ0n) is 8.09. The van der Waals surface area contributed by atoms with Crippen LogP contribution >= 0.6 is 11.3 Å². The van der Waals surface area contributed by atoms with Crippen molar-refractivity contribution in [2.45, 2.75) is 31.7 Å². The molecular weight excluding hydrogens is 198 g/mol. The van der Waals surface area contributed by atoms with Crippen LogP contribution in [0.2, 0.25) is 0 Å². The summed E-state index contributed by atoms with van der Waals surface area (Å²) in [6, 6.07) is 0.565. The summed E-state index contributed by atoms with van der Waals surface area (Å²) in [5.41, 5.74) is 1.77. The Balaban J connectivity index is 1.97. The van der Waals surface area contributed by atoms with Gasteiger partial charge in [0.1, 0.15) is 5.51 Å². The molecule has 4 nitrogen and oxygen atoms in total. The normalized spacial score (nSPS) is 21.8. The fraction of sp³-hybridized carbons (Fsp3) is 0.778. The molecule has 1 atom stereocenters. The van der Waals surface area contributed by atoms with Crippen LogP contribution in [0.4, 0.5) is 5.13 Å². The molecule has 14 heavy (non-hydrogen) atoms.